The van der Waals surface area contributed by atoms with Crippen LogP contribution < -0.4 is 9.64 Å². The van der Waals surface area contributed by atoms with E-state index in [1.165, 1.54) is 64.5 Å². The fourth-order valence-corrected chi connectivity index (χ4v) is 7.17. The van der Waals surface area contributed by atoms with Crippen LogP contribution in [0.2, 0.25) is 0 Å². The van der Waals surface area contributed by atoms with E-state index in [2.05, 4.69) is 0 Å². The number of hydrogen-bond acceptors (Lipinski definition) is 9. The number of nitrogens with zero attached hydrogens (tertiary/aromatic N) is 3. The molecule has 45 heavy (non-hydrogen) atoms. The molecule has 2 amide bonds. The van der Waals surface area contributed by atoms with Crippen molar-refractivity contribution in [2.45, 2.75) is 88.9 Å². The van der Waals surface area contributed by atoms with E-state index in [1.54, 1.807) is 32.9 Å². The number of hydrogen-bond donors (Lipinski definition) is 0. The van der Waals surface area contributed by atoms with Crippen molar-refractivity contribution in [1.29, 1.82) is 0 Å². The molecule has 0 saturated carbocycles. The zero-order valence-electron chi connectivity index (χ0n) is 26.5. The molecule has 2 aliphatic heterocycles. The van der Waals surface area contributed by atoms with Crippen molar-refractivity contribution in [3.05, 3.63) is 54.1 Å². The number of carbonyl (C=O) groups is 4. The maximum Gasteiger partial charge on any atom is 0.415 e. The summed E-state index contributed by atoms with van der Waals surface area (Å²) in [7, 11) is -2.75. The molecule has 2 fully saturated rings. The highest BCUT2D eigenvalue weighted by molar-refractivity contribution is 7.89. The third-order valence-corrected chi connectivity index (χ3v) is 9.69. The molecule has 12 nitrogen and oxygen atoms in total. The van der Waals surface area contributed by atoms with Gasteiger partial charge in [-0.05, 0) is 96.7 Å². The minimum Gasteiger partial charge on any atom is -0.467 e. The summed E-state index contributed by atoms with van der Waals surface area (Å²) >= 11 is 0. The molecule has 2 aromatic rings. The van der Waals surface area contributed by atoms with Gasteiger partial charge in [0.1, 0.15) is 29.5 Å². The number of ether oxygens (including phenoxy) is 3. The van der Waals surface area contributed by atoms with Crippen LogP contribution >= 0.6 is 0 Å². The van der Waals surface area contributed by atoms with Gasteiger partial charge in [-0.3, -0.25) is 14.6 Å². The maximum absolute atomic E-state index is 14.2. The molecular formula is C32H41N3O9S. The predicted molar refractivity (Wildman–Crippen MR) is 165 cm³/mol. The van der Waals surface area contributed by atoms with Crippen molar-refractivity contribution < 1.29 is 41.8 Å². The van der Waals surface area contributed by atoms with Gasteiger partial charge in [-0.25, -0.2) is 22.8 Å². The molecule has 1 unspecified atom stereocenters. The van der Waals surface area contributed by atoms with Gasteiger partial charge >= 0.3 is 18.0 Å². The predicted octanol–water partition coefficient (Wildman–Crippen LogP) is 4.05. The molecule has 0 bridgehead atoms. The quantitative estimate of drug-likeness (QED) is 0.390. The van der Waals surface area contributed by atoms with Gasteiger partial charge in [-0.1, -0.05) is 17.7 Å². The molecule has 0 aromatic heterocycles. The normalized spacial score (nSPS) is 19.6. The molecule has 2 saturated heterocycles. The first-order valence-electron chi connectivity index (χ1n) is 14.9. The average Bonchev–Trinajstić information content (AvgIpc) is 3.68. The van der Waals surface area contributed by atoms with Gasteiger partial charge in [0.15, 0.2) is 0 Å². The van der Waals surface area contributed by atoms with E-state index < -0.39 is 57.7 Å². The molecule has 244 valence electrons. The monoisotopic (exact) mass is 643 g/mol. The van der Waals surface area contributed by atoms with Gasteiger partial charge in [-0.2, -0.15) is 4.31 Å². The molecule has 0 N–H and O–H groups in total. The lowest BCUT2D eigenvalue weighted by Gasteiger charge is -2.34. The second-order valence-electron chi connectivity index (χ2n) is 12.2. The second kappa shape index (κ2) is 13.6. The lowest BCUT2D eigenvalue weighted by molar-refractivity contribution is -0.157. The zero-order chi connectivity index (χ0) is 33.1. The summed E-state index contributed by atoms with van der Waals surface area (Å²) in [5.74, 6) is -1.61. The summed E-state index contributed by atoms with van der Waals surface area (Å²) < 4.78 is 44.3. The minimum absolute atomic E-state index is 0.0816. The molecule has 0 spiro atoms. The molecule has 2 aromatic carbocycles. The first kappa shape index (κ1) is 33.9. The highest BCUT2D eigenvalue weighted by Gasteiger charge is 2.44. The van der Waals surface area contributed by atoms with Gasteiger partial charge in [0.2, 0.25) is 15.9 Å². The average molecular weight is 644 g/mol. The summed E-state index contributed by atoms with van der Waals surface area (Å²) in [6, 6.07) is 9.49. The largest absolute Gasteiger partial charge is 0.467 e. The van der Waals surface area contributed by atoms with Crippen LogP contribution in [0.15, 0.2) is 53.4 Å². The van der Waals surface area contributed by atoms with Crippen molar-refractivity contribution in [2.24, 2.45) is 0 Å². The Morgan fingerprint density at radius 2 is 1.51 bits per heavy atom. The number of sulfonamides is 1. The van der Waals surface area contributed by atoms with Crippen LogP contribution in [0.4, 0.5) is 10.5 Å². The van der Waals surface area contributed by atoms with Crippen LogP contribution in [-0.2, 0) is 33.9 Å². The maximum atomic E-state index is 14.2. The van der Waals surface area contributed by atoms with E-state index in [9.17, 15) is 27.6 Å². The van der Waals surface area contributed by atoms with Gasteiger partial charge in [-0.15, -0.1) is 0 Å². The highest BCUT2D eigenvalue weighted by Crippen LogP contribution is 2.31. The van der Waals surface area contributed by atoms with E-state index in [-0.39, 0.29) is 29.3 Å². The summed E-state index contributed by atoms with van der Waals surface area (Å²) in [5.41, 5.74) is 0.355. The summed E-state index contributed by atoms with van der Waals surface area (Å²) in [4.78, 5) is 55.0. The Balaban J connectivity index is 1.62. The number of anilines is 1. The third-order valence-electron chi connectivity index (χ3n) is 7.77. The molecule has 2 heterocycles. The number of rotatable bonds is 8. The Hall–Kier alpha value is -3.97. The number of amides is 2. The van der Waals surface area contributed by atoms with Crippen LogP contribution in [0, 0.1) is 6.92 Å². The Morgan fingerprint density at radius 1 is 0.911 bits per heavy atom. The molecule has 2 aliphatic rings. The van der Waals surface area contributed by atoms with Crippen molar-refractivity contribution in [3.8, 4) is 5.75 Å². The lowest BCUT2D eigenvalue weighted by Crippen LogP contribution is -2.53. The second-order valence-corrected chi connectivity index (χ2v) is 14.1. The smallest absolute Gasteiger partial charge is 0.415 e. The van der Waals surface area contributed by atoms with Crippen molar-refractivity contribution in [3.63, 3.8) is 0 Å². The van der Waals surface area contributed by atoms with E-state index in [0.717, 1.165) is 5.56 Å². The third kappa shape index (κ3) is 7.64. The minimum atomic E-state index is -4.01. The molecule has 0 radical (unpaired) electrons. The lowest BCUT2D eigenvalue weighted by atomic mass is 10.1. The number of esters is 2. The number of benzene rings is 2. The number of methoxy groups -OCH3 is 1. The highest BCUT2D eigenvalue weighted by atomic mass is 32.2. The molecule has 13 heteroatoms. The summed E-state index contributed by atoms with van der Waals surface area (Å²) in [6.07, 6.45) is 1.12. The van der Waals surface area contributed by atoms with Gasteiger partial charge < -0.3 is 14.2 Å². The Kier molecular flexibility index (Phi) is 10.2. The van der Waals surface area contributed by atoms with Gasteiger partial charge in [0, 0.05) is 18.8 Å². The Labute approximate surface area is 264 Å². The SMILES string of the molecule is COC(=O)C1CCCN1C(=O)Oc1ccc(N(C(=O)[C@@H]2CCCN2S(=O)(=O)c2ccc(C)cc2)[C@@H](C)C(=O)OC(C)(C)C)cc1. The molecule has 0 aliphatic carbocycles. The standard InChI is InChI=1S/C32H41N3O9S/c1-21-11-17-25(18-12-21)45(40,41)34-20-8-9-26(34)28(36)35(22(2)29(37)44-32(3,4)5)23-13-15-24(16-14-23)43-31(39)33-19-7-10-27(33)30(38)42-6/h11-18,22,26-27H,7-10,19-20H2,1-6H3/t22-,26-,27?/m0/s1. The van der Waals surface area contributed by atoms with Crippen LogP contribution in [-0.4, -0.2) is 85.5 Å². The van der Waals surface area contributed by atoms with E-state index in [0.29, 0.717) is 25.8 Å². The van der Waals surface area contributed by atoms with Crippen molar-refractivity contribution in [1.82, 2.24) is 9.21 Å². The summed E-state index contributed by atoms with van der Waals surface area (Å²) in [6.45, 7) is 9.01. The number of carbonyl (C=O) groups excluding carboxylic acids is 4. The van der Waals surface area contributed by atoms with E-state index in [1.807, 2.05) is 6.92 Å². The number of aryl methyl sites for hydroxylation is 1. The molecule has 3 atom stereocenters. The molecular weight excluding hydrogens is 602 g/mol. The van der Waals surface area contributed by atoms with Crippen molar-refractivity contribution >= 4 is 39.6 Å². The van der Waals surface area contributed by atoms with Gasteiger partial charge in [0.05, 0.1) is 12.0 Å². The Morgan fingerprint density at radius 3 is 2.11 bits per heavy atom. The fraction of sp³-hybridized carbons (Fsp3) is 0.500. The fourth-order valence-electron chi connectivity index (χ4n) is 5.52. The first-order chi connectivity index (χ1) is 21.1. The van der Waals surface area contributed by atoms with Crippen LogP contribution in [0.25, 0.3) is 0 Å². The van der Waals surface area contributed by atoms with Crippen LogP contribution in [0.3, 0.4) is 0 Å². The topological polar surface area (TPSA) is 140 Å². The van der Waals surface area contributed by atoms with Crippen LogP contribution in [0.1, 0.15) is 58.9 Å². The van der Waals surface area contributed by atoms with Gasteiger partial charge in [0.25, 0.3) is 0 Å². The van der Waals surface area contributed by atoms with E-state index in [4.69, 9.17) is 14.2 Å². The first-order valence-corrected chi connectivity index (χ1v) is 16.4. The summed E-state index contributed by atoms with van der Waals surface area (Å²) in [5, 5.41) is 0. The van der Waals surface area contributed by atoms with E-state index >= 15 is 0 Å². The van der Waals surface area contributed by atoms with Crippen molar-refractivity contribution in [2.75, 3.05) is 25.1 Å². The number of likely N-dealkylation sites (tertiary alicyclic amines) is 1. The zero-order valence-corrected chi connectivity index (χ0v) is 27.3. The molecule has 4 rings (SSSR count). The Bertz CT molecular complexity index is 1520. The van der Waals surface area contributed by atoms with Crippen LogP contribution in [0.5, 0.6) is 5.75 Å².